The average molecular weight is 988 g/mol. The number of fused-ring (bicyclic) bond motifs is 2. The third kappa shape index (κ3) is 9.58. The first-order chi connectivity index (χ1) is 34.8. The lowest BCUT2D eigenvalue weighted by molar-refractivity contribution is -0.151. The molecule has 18 nitrogen and oxygen atoms in total. The summed E-state index contributed by atoms with van der Waals surface area (Å²) >= 11 is 0. The van der Waals surface area contributed by atoms with Crippen molar-refractivity contribution in [3.63, 3.8) is 0 Å². The van der Waals surface area contributed by atoms with Crippen molar-refractivity contribution in [2.75, 3.05) is 102 Å². The van der Waals surface area contributed by atoms with E-state index in [9.17, 15) is 24.3 Å². The van der Waals surface area contributed by atoms with Gasteiger partial charge < -0.3 is 34.6 Å². The second-order valence-corrected chi connectivity index (χ2v) is 20.4. The van der Waals surface area contributed by atoms with Crippen LogP contribution in [0.2, 0.25) is 0 Å². The zero-order valence-corrected chi connectivity index (χ0v) is 40.4. The van der Waals surface area contributed by atoms with E-state index in [0.29, 0.717) is 106 Å². The van der Waals surface area contributed by atoms with E-state index in [1.807, 2.05) is 17.9 Å². The minimum atomic E-state index is -0.775. The van der Waals surface area contributed by atoms with Crippen molar-refractivity contribution in [2.24, 2.45) is 5.41 Å². The molecule has 5 saturated heterocycles. The summed E-state index contributed by atoms with van der Waals surface area (Å²) in [7, 11) is 0. The SMILES string of the molecule is CCc1c(F)ccc2cc(O)cc(-c3ncc4c(N5CCCC6(CCO6)C5)nc(OCC5(CN6CCN(C(=O)CN7CCN(c8ccc(C(=O)NC9CCC(=O)NC9=O)nc8)CC7)CC6)CC5)nc4c3F)c12. The number of amides is 4. The molecule has 3 aromatic heterocycles. The Morgan fingerprint density at radius 3 is 2.42 bits per heavy atom. The zero-order valence-electron chi connectivity index (χ0n) is 40.4. The van der Waals surface area contributed by atoms with Crippen molar-refractivity contribution in [3.8, 4) is 23.0 Å². The van der Waals surface area contributed by atoms with E-state index in [-0.39, 0.29) is 69.9 Å². The molecule has 5 aliphatic heterocycles. The highest BCUT2D eigenvalue weighted by Crippen LogP contribution is 2.47. The van der Waals surface area contributed by atoms with E-state index >= 15 is 8.78 Å². The lowest BCUT2D eigenvalue weighted by Gasteiger charge is -2.48. The largest absolute Gasteiger partial charge is 0.508 e. The number of hydrogen-bond donors (Lipinski definition) is 3. The number of phenols is 1. The van der Waals surface area contributed by atoms with Crippen LogP contribution in [0.5, 0.6) is 11.8 Å². The van der Waals surface area contributed by atoms with Crippen LogP contribution in [0, 0.1) is 17.0 Å². The van der Waals surface area contributed by atoms with Crippen molar-refractivity contribution in [3.05, 3.63) is 71.7 Å². The first-order valence-corrected chi connectivity index (χ1v) is 25.3. The first kappa shape index (κ1) is 47.7. The number of benzene rings is 2. The summed E-state index contributed by atoms with van der Waals surface area (Å²) in [5.41, 5.74) is 1.31. The summed E-state index contributed by atoms with van der Waals surface area (Å²) in [4.78, 5) is 79.2. The van der Waals surface area contributed by atoms with Crippen LogP contribution in [0.25, 0.3) is 32.9 Å². The van der Waals surface area contributed by atoms with Gasteiger partial charge in [-0.2, -0.15) is 9.97 Å². The summed E-state index contributed by atoms with van der Waals surface area (Å²) in [6.07, 6.45) is 8.66. The van der Waals surface area contributed by atoms with Gasteiger partial charge in [-0.25, -0.2) is 13.8 Å². The third-order valence-electron chi connectivity index (χ3n) is 15.6. The van der Waals surface area contributed by atoms with E-state index < -0.39 is 29.5 Å². The van der Waals surface area contributed by atoms with E-state index in [1.54, 1.807) is 30.6 Å². The molecule has 8 heterocycles. The summed E-state index contributed by atoms with van der Waals surface area (Å²) in [6, 6.07) is 8.65. The molecule has 1 aliphatic carbocycles. The Hall–Kier alpha value is -6.64. The number of carbonyl (C=O) groups is 4. The van der Waals surface area contributed by atoms with Gasteiger partial charge in [0.1, 0.15) is 40.3 Å². The summed E-state index contributed by atoms with van der Waals surface area (Å²) in [5.74, 6) is -1.92. The molecule has 5 aromatic rings. The molecule has 4 amide bonds. The Bertz CT molecular complexity index is 2940. The Kier molecular flexibility index (Phi) is 12.9. The normalized spacial score (nSPS) is 22.5. The number of carbonyl (C=O) groups excluding carboxylic acids is 4. The fraction of sp³-hybridized carbons (Fsp3) is 0.500. The standard InChI is InChI=1S/C52H59F2N11O7/c1-2-35-38(53)6-4-32-24-34(66)25-36(43(32)35)45-44(54)46-37(27-56-45)47(65-14-3-10-52(30-65)13-23-72-52)60-50(59-46)71-31-51(11-12-51)29-62-17-21-64(22-18-62)42(68)28-61-15-19-63(20-16-61)33-5-7-39(55-26-33)48(69)57-40-8-9-41(67)58-49(40)70/h4-7,24-27,40,66H,2-3,8-23,28-31H2,1H3,(H,57,69)(H,58,67,70). The number of aromatic hydroxyl groups is 1. The number of hydrogen-bond acceptors (Lipinski definition) is 15. The van der Waals surface area contributed by atoms with Crippen molar-refractivity contribution in [1.29, 1.82) is 0 Å². The van der Waals surface area contributed by atoms with Crippen LogP contribution in [0.3, 0.4) is 0 Å². The van der Waals surface area contributed by atoms with Crippen LogP contribution in [0.1, 0.15) is 67.9 Å². The van der Waals surface area contributed by atoms with Gasteiger partial charge >= 0.3 is 6.01 Å². The van der Waals surface area contributed by atoms with Crippen LogP contribution in [0.15, 0.2) is 48.8 Å². The molecule has 3 N–H and O–H groups in total. The molecule has 72 heavy (non-hydrogen) atoms. The monoisotopic (exact) mass is 987 g/mol. The van der Waals surface area contributed by atoms with Gasteiger partial charge in [0.15, 0.2) is 5.82 Å². The van der Waals surface area contributed by atoms with Gasteiger partial charge in [0.2, 0.25) is 17.7 Å². The number of aryl methyl sites for hydroxylation is 1. The van der Waals surface area contributed by atoms with Crippen molar-refractivity contribution in [1.82, 2.24) is 45.3 Å². The molecule has 378 valence electrons. The smallest absolute Gasteiger partial charge is 0.319 e. The highest BCUT2D eigenvalue weighted by Gasteiger charge is 2.46. The van der Waals surface area contributed by atoms with Crippen LogP contribution < -0.4 is 25.2 Å². The lowest BCUT2D eigenvalue weighted by atomic mass is 9.86. The Labute approximate surface area is 415 Å². The van der Waals surface area contributed by atoms with E-state index in [4.69, 9.17) is 19.4 Å². The maximum atomic E-state index is 17.2. The summed E-state index contributed by atoms with van der Waals surface area (Å²) in [6.45, 7) is 10.8. The minimum absolute atomic E-state index is 0.0355. The number of phenolic OH excluding ortho intramolecular Hbond substituents is 1. The highest BCUT2D eigenvalue weighted by atomic mass is 19.1. The molecule has 2 atom stereocenters. The van der Waals surface area contributed by atoms with Gasteiger partial charge in [-0.1, -0.05) is 13.0 Å². The lowest BCUT2D eigenvalue weighted by Crippen LogP contribution is -2.56. The molecule has 2 aromatic carbocycles. The number of pyridine rings is 2. The molecule has 20 heteroatoms. The predicted octanol–water partition coefficient (Wildman–Crippen LogP) is 4.21. The Morgan fingerprint density at radius 2 is 1.71 bits per heavy atom. The molecular formula is C52H59F2N11O7. The second kappa shape index (κ2) is 19.4. The fourth-order valence-corrected chi connectivity index (χ4v) is 11.1. The van der Waals surface area contributed by atoms with Gasteiger partial charge in [-0.3, -0.25) is 39.3 Å². The molecule has 2 unspecified atom stereocenters. The van der Waals surface area contributed by atoms with Crippen molar-refractivity contribution < 1.29 is 42.5 Å². The predicted molar refractivity (Wildman–Crippen MR) is 263 cm³/mol. The topological polar surface area (TPSA) is 199 Å². The van der Waals surface area contributed by atoms with E-state index in [2.05, 4.69) is 40.2 Å². The summed E-state index contributed by atoms with van der Waals surface area (Å²) < 4.78 is 45.0. The number of imide groups is 1. The second-order valence-electron chi connectivity index (χ2n) is 20.4. The molecule has 1 saturated carbocycles. The number of ether oxygens (including phenoxy) is 2. The molecule has 6 fully saturated rings. The molecule has 6 aliphatic rings. The van der Waals surface area contributed by atoms with Crippen LogP contribution in [-0.2, 0) is 25.5 Å². The van der Waals surface area contributed by atoms with Gasteiger partial charge in [0.05, 0.1) is 42.6 Å². The summed E-state index contributed by atoms with van der Waals surface area (Å²) in [5, 5.41) is 17.1. The Balaban J connectivity index is 0.710. The van der Waals surface area contributed by atoms with Crippen LogP contribution in [0.4, 0.5) is 20.3 Å². The Morgan fingerprint density at radius 1 is 0.917 bits per heavy atom. The third-order valence-corrected chi connectivity index (χ3v) is 15.6. The number of piperazine rings is 2. The van der Waals surface area contributed by atoms with Gasteiger partial charge in [0.25, 0.3) is 5.91 Å². The maximum Gasteiger partial charge on any atom is 0.319 e. The number of rotatable bonds is 13. The van der Waals surface area contributed by atoms with Gasteiger partial charge in [-0.05, 0) is 85.2 Å². The van der Waals surface area contributed by atoms with Crippen molar-refractivity contribution in [2.45, 2.75) is 69.9 Å². The van der Waals surface area contributed by atoms with Gasteiger partial charge in [-0.15, -0.1) is 0 Å². The average Bonchev–Trinajstić information content (AvgIpc) is 4.15. The number of halogens is 2. The minimum Gasteiger partial charge on any atom is -0.508 e. The first-order valence-electron chi connectivity index (χ1n) is 25.3. The highest BCUT2D eigenvalue weighted by molar-refractivity contribution is 6.04. The number of aromatic nitrogens is 4. The number of nitrogens with one attached hydrogen (secondary N) is 2. The van der Waals surface area contributed by atoms with Crippen LogP contribution >= 0.6 is 0 Å². The number of nitrogens with zero attached hydrogens (tertiary/aromatic N) is 9. The molecule has 11 rings (SSSR count). The molecule has 1 spiro atoms. The molecule has 0 bridgehead atoms. The zero-order chi connectivity index (χ0) is 49.7. The van der Waals surface area contributed by atoms with E-state index in [0.717, 1.165) is 57.4 Å². The van der Waals surface area contributed by atoms with E-state index in [1.165, 1.54) is 12.1 Å². The quantitative estimate of drug-likeness (QED) is 0.142. The maximum absolute atomic E-state index is 17.2. The van der Waals surface area contributed by atoms with Crippen molar-refractivity contribution >= 4 is 56.8 Å². The number of piperidine rings is 2. The molecular weight excluding hydrogens is 929 g/mol. The number of anilines is 2. The van der Waals surface area contributed by atoms with Gasteiger partial charge in [0, 0.05) is 102 Å². The molecule has 0 radical (unpaired) electrons. The fourth-order valence-electron chi connectivity index (χ4n) is 11.1. The van der Waals surface area contributed by atoms with Crippen LogP contribution in [-0.4, -0.2) is 167 Å².